The number of hydrogen-bond acceptors (Lipinski definition) is 3. The van der Waals surface area contributed by atoms with Gasteiger partial charge in [-0.25, -0.2) is 0 Å². The molecule has 0 aliphatic carbocycles. The Hall–Kier alpha value is -0.380. The van der Waals surface area contributed by atoms with Gasteiger partial charge in [-0.3, -0.25) is 4.90 Å². The summed E-state index contributed by atoms with van der Waals surface area (Å²) in [7, 11) is 0. The standard InChI is InChI=1S/C12H24N2O/c1-3-5-9-15-10-8-14-7-6-12(11-14)13-4-2/h3,12-13H,1,4-11H2,2H3. The topological polar surface area (TPSA) is 24.5 Å². The Morgan fingerprint density at radius 3 is 3.13 bits per heavy atom. The van der Waals surface area contributed by atoms with Gasteiger partial charge in [0, 0.05) is 19.1 Å². The van der Waals surface area contributed by atoms with Crippen LogP contribution in [0.4, 0.5) is 0 Å². The maximum absolute atomic E-state index is 5.50. The van der Waals surface area contributed by atoms with Crippen molar-refractivity contribution in [2.45, 2.75) is 25.8 Å². The zero-order chi connectivity index (χ0) is 10.9. The molecule has 1 aliphatic rings. The van der Waals surface area contributed by atoms with Crippen molar-refractivity contribution in [1.82, 2.24) is 10.2 Å². The fourth-order valence-electron chi connectivity index (χ4n) is 1.95. The molecule has 1 N–H and O–H groups in total. The van der Waals surface area contributed by atoms with Gasteiger partial charge in [-0.2, -0.15) is 0 Å². The SMILES string of the molecule is C=CCCOCCN1CCC(NCC)C1. The Kier molecular flexibility index (Phi) is 6.64. The van der Waals surface area contributed by atoms with E-state index in [1.807, 2.05) is 6.08 Å². The molecule has 1 fully saturated rings. The third-order valence-corrected chi connectivity index (χ3v) is 2.78. The lowest BCUT2D eigenvalue weighted by Gasteiger charge is -2.16. The lowest BCUT2D eigenvalue weighted by Crippen LogP contribution is -2.33. The quantitative estimate of drug-likeness (QED) is 0.484. The molecule has 0 radical (unpaired) electrons. The van der Waals surface area contributed by atoms with Crippen molar-refractivity contribution in [1.29, 1.82) is 0 Å². The number of nitrogens with one attached hydrogen (secondary N) is 1. The molecule has 1 aliphatic heterocycles. The summed E-state index contributed by atoms with van der Waals surface area (Å²) >= 11 is 0. The molecule has 15 heavy (non-hydrogen) atoms. The second-order valence-corrected chi connectivity index (χ2v) is 4.03. The van der Waals surface area contributed by atoms with Crippen molar-refractivity contribution in [2.75, 3.05) is 39.4 Å². The third-order valence-electron chi connectivity index (χ3n) is 2.78. The molecule has 0 amide bonds. The van der Waals surface area contributed by atoms with Crippen molar-refractivity contribution < 1.29 is 4.74 Å². The summed E-state index contributed by atoms with van der Waals surface area (Å²) in [6.45, 7) is 12.0. The van der Waals surface area contributed by atoms with Crippen molar-refractivity contribution >= 4 is 0 Å². The summed E-state index contributed by atoms with van der Waals surface area (Å²) in [6, 6.07) is 0.697. The number of rotatable bonds is 8. The Morgan fingerprint density at radius 1 is 1.53 bits per heavy atom. The number of hydrogen-bond donors (Lipinski definition) is 1. The zero-order valence-corrected chi connectivity index (χ0v) is 9.87. The molecule has 3 heteroatoms. The van der Waals surface area contributed by atoms with Crippen LogP contribution in [0.15, 0.2) is 12.7 Å². The van der Waals surface area contributed by atoms with Crippen LogP contribution < -0.4 is 5.32 Å². The first-order chi connectivity index (χ1) is 7.36. The van der Waals surface area contributed by atoms with E-state index in [0.29, 0.717) is 6.04 Å². The van der Waals surface area contributed by atoms with Gasteiger partial charge in [-0.05, 0) is 25.9 Å². The molecule has 0 aromatic rings. The van der Waals surface area contributed by atoms with Gasteiger partial charge in [0.15, 0.2) is 0 Å². The Bertz CT molecular complexity index is 173. The minimum atomic E-state index is 0.697. The summed E-state index contributed by atoms with van der Waals surface area (Å²) in [6.07, 6.45) is 4.14. The van der Waals surface area contributed by atoms with Gasteiger partial charge < -0.3 is 10.1 Å². The van der Waals surface area contributed by atoms with Crippen LogP contribution in [0.1, 0.15) is 19.8 Å². The number of likely N-dealkylation sites (N-methyl/N-ethyl adjacent to an activating group) is 1. The molecule has 0 aromatic heterocycles. The normalized spacial score (nSPS) is 22.1. The highest BCUT2D eigenvalue weighted by atomic mass is 16.5. The Morgan fingerprint density at radius 2 is 2.40 bits per heavy atom. The minimum absolute atomic E-state index is 0.697. The van der Waals surface area contributed by atoms with E-state index in [1.165, 1.54) is 19.5 Å². The van der Waals surface area contributed by atoms with Crippen LogP contribution in [-0.4, -0.2) is 50.3 Å². The molecule has 1 atom stereocenters. The molecular formula is C12H24N2O. The molecule has 3 nitrogen and oxygen atoms in total. The van der Waals surface area contributed by atoms with Gasteiger partial charge >= 0.3 is 0 Å². The average Bonchev–Trinajstić information content (AvgIpc) is 2.66. The number of ether oxygens (including phenoxy) is 1. The summed E-state index contributed by atoms with van der Waals surface area (Å²) < 4.78 is 5.50. The minimum Gasteiger partial charge on any atom is -0.380 e. The highest BCUT2D eigenvalue weighted by Crippen LogP contribution is 2.07. The van der Waals surface area contributed by atoms with E-state index in [9.17, 15) is 0 Å². The first-order valence-corrected chi connectivity index (χ1v) is 6.01. The second-order valence-electron chi connectivity index (χ2n) is 4.03. The summed E-state index contributed by atoms with van der Waals surface area (Å²) in [5.41, 5.74) is 0. The van der Waals surface area contributed by atoms with Crippen molar-refractivity contribution in [2.24, 2.45) is 0 Å². The first-order valence-electron chi connectivity index (χ1n) is 6.01. The van der Waals surface area contributed by atoms with E-state index in [-0.39, 0.29) is 0 Å². The van der Waals surface area contributed by atoms with Crippen LogP contribution in [0, 0.1) is 0 Å². The molecule has 0 bridgehead atoms. The van der Waals surface area contributed by atoms with E-state index >= 15 is 0 Å². The third kappa shape index (κ3) is 5.30. The predicted octanol–water partition coefficient (Wildman–Crippen LogP) is 1.26. The monoisotopic (exact) mass is 212 g/mol. The molecule has 0 saturated carbocycles. The smallest absolute Gasteiger partial charge is 0.0593 e. The van der Waals surface area contributed by atoms with Gasteiger partial charge in [0.1, 0.15) is 0 Å². The van der Waals surface area contributed by atoms with Crippen LogP contribution >= 0.6 is 0 Å². The van der Waals surface area contributed by atoms with E-state index in [1.54, 1.807) is 0 Å². The van der Waals surface area contributed by atoms with Gasteiger partial charge in [-0.15, -0.1) is 6.58 Å². The van der Waals surface area contributed by atoms with Crippen molar-refractivity contribution in [3.05, 3.63) is 12.7 Å². The maximum Gasteiger partial charge on any atom is 0.0593 e. The highest BCUT2D eigenvalue weighted by Gasteiger charge is 2.20. The Labute approximate surface area is 93.5 Å². The zero-order valence-electron chi connectivity index (χ0n) is 9.87. The highest BCUT2D eigenvalue weighted by molar-refractivity contribution is 4.80. The van der Waals surface area contributed by atoms with Crippen LogP contribution in [0.2, 0.25) is 0 Å². The molecule has 0 spiro atoms. The van der Waals surface area contributed by atoms with Gasteiger partial charge in [-0.1, -0.05) is 13.0 Å². The number of likely N-dealkylation sites (tertiary alicyclic amines) is 1. The lowest BCUT2D eigenvalue weighted by atomic mass is 10.3. The van der Waals surface area contributed by atoms with Crippen LogP contribution in [-0.2, 0) is 4.74 Å². The Balaban J connectivity index is 1.96. The van der Waals surface area contributed by atoms with Crippen LogP contribution in [0.25, 0.3) is 0 Å². The van der Waals surface area contributed by atoms with Gasteiger partial charge in [0.25, 0.3) is 0 Å². The fraction of sp³-hybridized carbons (Fsp3) is 0.833. The fourth-order valence-corrected chi connectivity index (χ4v) is 1.95. The molecule has 1 rings (SSSR count). The van der Waals surface area contributed by atoms with E-state index < -0.39 is 0 Å². The van der Waals surface area contributed by atoms with Crippen molar-refractivity contribution in [3.63, 3.8) is 0 Å². The summed E-state index contributed by atoms with van der Waals surface area (Å²) in [4.78, 5) is 2.47. The molecule has 1 unspecified atom stereocenters. The van der Waals surface area contributed by atoms with E-state index in [4.69, 9.17) is 4.74 Å². The first kappa shape index (κ1) is 12.7. The molecule has 0 aromatic carbocycles. The van der Waals surface area contributed by atoms with Crippen LogP contribution in [0.3, 0.4) is 0 Å². The molecule has 88 valence electrons. The van der Waals surface area contributed by atoms with Crippen molar-refractivity contribution in [3.8, 4) is 0 Å². The summed E-state index contributed by atoms with van der Waals surface area (Å²) in [5.74, 6) is 0. The average molecular weight is 212 g/mol. The van der Waals surface area contributed by atoms with Gasteiger partial charge in [0.05, 0.1) is 13.2 Å². The van der Waals surface area contributed by atoms with E-state index in [0.717, 1.165) is 32.7 Å². The maximum atomic E-state index is 5.50. The predicted molar refractivity (Wildman–Crippen MR) is 64.2 cm³/mol. The molecule has 1 heterocycles. The lowest BCUT2D eigenvalue weighted by molar-refractivity contribution is 0.114. The summed E-state index contributed by atoms with van der Waals surface area (Å²) in [5, 5.41) is 3.49. The van der Waals surface area contributed by atoms with E-state index in [2.05, 4.69) is 23.7 Å². The number of nitrogens with zero attached hydrogens (tertiary/aromatic N) is 1. The molecular weight excluding hydrogens is 188 g/mol. The van der Waals surface area contributed by atoms with Crippen LogP contribution in [0.5, 0.6) is 0 Å². The second kappa shape index (κ2) is 7.85. The largest absolute Gasteiger partial charge is 0.380 e. The molecule has 1 saturated heterocycles. The van der Waals surface area contributed by atoms with Gasteiger partial charge in [0.2, 0.25) is 0 Å².